The van der Waals surface area contributed by atoms with Gasteiger partial charge in [-0.05, 0) is 46.1 Å². The highest BCUT2D eigenvalue weighted by Crippen LogP contribution is 2.32. The van der Waals surface area contributed by atoms with Crippen LogP contribution in [0.4, 0.5) is 0 Å². The third-order valence-corrected chi connectivity index (χ3v) is 5.19. The second kappa shape index (κ2) is 10.4. The fourth-order valence-corrected chi connectivity index (χ4v) is 4.04. The van der Waals surface area contributed by atoms with E-state index >= 15 is 0 Å². The summed E-state index contributed by atoms with van der Waals surface area (Å²) < 4.78 is 7.68. The molecule has 4 nitrogen and oxygen atoms in total. The minimum atomic E-state index is -0.175. The third-order valence-electron chi connectivity index (χ3n) is 4.14. The van der Waals surface area contributed by atoms with Crippen LogP contribution in [0, 0.1) is 6.92 Å². The molecular weight excluding hydrogens is 496 g/mol. The number of ether oxygens (including phenoxy) is 1. The SMILES string of the molecule is Cc1ccc(CC(=O)N/N=C/c2cc(Br)cc(Br)c2OCc2ccccc2)cc1. The van der Waals surface area contributed by atoms with Crippen molar-refractivity contribution in [2.24, 2.45) is 5.10 Å². The Morgan fingerprint density at radius 3 is 2.48 bits per heavy atom. The molecule has 0 heterocycles. The van der Waals surface area contributed by atoms with Gasteiger partial charge in [0, 0.05) is 10.0 Å². The van der Waals surface area contributed by atoms with Crippen LogP contribution in [0.3, 0.4) is 0 Å². The monoisotopic (exact) mass is 514 g/mol. The number of hydrazone groups is 1. The Labute approximate surface area is 187 Å². The van der Waals surface area contributed by atoms with E-state index in [0.29, 0.717) is 12.4 Å². The Kier molecular flexibility index (Phi) is 7.61. The topological polar surface area (TPSA) is 50.7 Å². The predicted molar refractivity (Wildman–Crippen MR) is 123 cm³/mol. The quantitative estimate of drug-likeness (QED) is 0.319. The van der Waals surface area contributed by atoms with Crippen molar-refractivity contribution in [1.29, 1.82) is 0 Å². The smallest absolute Gasteiger partial charge is 0.244 e. The maximum absolute atomic E-state index is 12.1. The first-order valence-electron chi connectivity index (χ1n) is 9.04. The summed E-state index contributed by atoms with van der Waals surface area (Å²) in [5.74, 6) is 0.486. The Morgan fingerprint density at radius 1 is 1.03 bits per heavy atom. The minimum Gasteiger partial charge on any atom is -0.487 e. The van der Waals surface area contributed by atoms with Crippen LogP contribution in [0.25, 0.3) is 0 Å². The van der Waals surface area contributed by atoms with Gasteiger partial charge >= 0.3 is 0 Å². The molecule has 1 N–H and O–H groups in total. The molecule has 0 radical (unpaired) electrons. The van der Waals surface area contributed by atoms with Crippen molar-refractivity contribution in [3.8, 4) is 5.75 Å². The van der Waals surface area contributed by atoms with Crippen LogP contribution >= 0.6 is 31.9 Å². The Morgan fingerprint density at radius 2 is 1.76 bits per heavy atom. The van der Waals surface area contributed by atoms with E-state index in [9.17, 15) is 4.79 Å². The van der Waals surface area contributed by atoms with Crippen molar-refractivity contribution in [1.82, 2.24) is 5.43 Å². The zero-order valence-corrected chi connectivity index (χ0v) is 19.0. The van der Waals surface area contributed by atoms with Crippen LogP contribution < -0.4 is 10.2 Å². The van der Waals surface area contributed by atoms with Crippen LogP contribution in [-0.2, 0) is 17.8 Å². The summed E-state index contributed by atoms with van der Waals surface area (Å²) in [6.07, 6.45) is 1.86. The van der Waals surface area contributed by atoms with Gasteiger partial charge < -0.3 is 4.74 Å². The highest BCUT2D eigenvalue weighted by Gasteiger charge is 2.10. The van der Waals surface area contributed by atoms with E-state index in [0.717, 1.165) is 31.2 Å². The molecule has 0 bridgehead atoms. The van der Waals surface area contributed by atoms with Gasteiger partial charge in [-0.1, -0.05) is 76.1 Å². The van der Waals surface area contributed by atoms with Crippen molar-refractivity contribution in [3.05, 3.63) is 97.9 Å². The largest absolute Gasteiger partial charge is 0.487 e. The Hall–Kier alpha value is -2.44. The molecule has 148 valence electrons. The summed E-state index contributed by atoms with van der Waals surface area (Å²) in [6, 6.07) is 21.6. The molecule has 0 saturated heterocycles. The Balaban J connectivity index is 1.67. The molecule has 0 spiro atoms. The summed E-state index contributed by atoms with van der Waals surface area (Å²) in [4.78, 5) is 12.1. The number of nitrogens with one attached hydrogen (secondary N) is 1. The number of benzene rings is 3. The van der Waals surface area contributed by atoms with Gasteiger partial charge in [0.05, 0.1) is 17.1 Å². The van der Waals surface area contributed by atoms with Gasteiger partial charge in [-0.25, -0.2) is 5.43 Å². The van der Waals surface area contributed by atoms with Gasteiger partial charge in [0.1, 0.15) is 12.4 Å². The van der Waals surface area contributed by atoms with Crippen LogP contribution in [0.5, 0.6) is 5.75 Å². The maximum Gasteiger partial charge on any atom is 0.244 e. The van der Waals surface area contributed by atoms with E-state index in [1.165, 1.54) is 0 Å². The standard InChI is InChI=1S/C23H20Br2N2O2/c1-16-7-9-17(10-8-16)11-22(28)27-26-14-19-12-20(24)13-21(25)23(19)29-15-18-5-3-2-4-6-18/h2-10,12-14H,11,15H2,1H3,(H,27,28)/b26-14+. The summed E-state index contributed by atoms with van der Waals surface area (Å²) in [6.45, 7) is 2.45. The molecule has 3 aromatic rings. The first-order valence-corrected chi connectivity index (χ1v) is 10.6. The van der Waals surface area contributed by atoms with Gasteiger partial charge in [0.25, 0.3) is 0 Å². The molecule has 3 rings (SSSR count). The number of halogens is 2. The number of aryl methyl sites for hydroxylation is 1. The lowest BCUT2D eigenvalue weighted by Crippen LogP contribution is -2.19. The van der Waals surface area contributed by atoms with E-state index in [1.807, 2.05) is 73.7 Å². The van der Waals surface area contributed by atoms with Gasteiger partial charge in [-0.3, -0.25) is 4.79 Å². The van der Waals surface area contributed by atoms with E-state index in [2.05, 4.69) is 42.4 Å². The first kappa shape index (κ1) is 21.3. The molecule has 0 unspecified atom stereocenters. The van der Waals surface area contributed by atoms with E-state index < -0.39 is 0 Å². The van der Waals surface area contributed by atoms with Crippen LogP contribution in [0.15, 0.2) is 80.8 Å². The summed E-state index contributed by atoms with van der Waals surface area (Å²) in [5, 5.41) is 4.11. The zero-order valence-electron chi connectivity index (χ0n) is 15.9. The molecule has 0 fully saturated rings. The highest BCUT2D eigenvalue weighted by molar-refractivity contribution is 9.11. The molecule has 0 aliphatic carbocycles. The van der Waals surface area contributed by atoms with Crippen LogP contribution in [0.1, 0.15) is 22.3 Å². The minimum absolute atomic E-state index is 0.175. The van der Waals surface area contributed by atoms with Crippen LogP contribution in [-0.4, -0.2) is 12.1 Å². The lowest BCUT2D eigenvalue weighted by Gasteiger charge is -2.12. The van der Waals surface area contributed by atoms with Crippen molar-refractivity contribution >= 4 is 44.0 Å². The van der Waals surface area contributed by atoms with Crippen molar-refractivity contribution in [2.45, 2.75) is 20.0 Å². The fraction of sp³-hybridized carbons (Fsp3) is 0.130. The van der Waals surface area contributed by atoms with Crippen molar-refractivity contribution in [3.63, 3.8) is 0 Å². The average molecular weight is 516 g/mol. The molecule has 29 heavy (non-hydrogen) atoms. The second-order valence-corrected chi connectivity index (χ2v) is 8.31. The summed E-state index contributed by atoms with van der Waals surface area (Å²) >= 11 is 7.02. The summed E-state index contributed by atoms with van der Waals surface area (Å²) in [5.41, 5.74) is 6.50. The maximum atomic E-state index is 12.1. The average Bonchev–Trinajstić information content (AvgIpc) is 2.70. The number of hydrogen-bond donors (Lipinski definition) is 1. The van der Waals surface area contributed by atoms with Gasteiger partial charge in [0.2, 0.25) is 5.91 Å². The number of carbonyl (C=O) groups is 1. The second-order valence-electron chi connectivity index (χ2n) is 6.54. The van der Waals surface area contributed by atoms with E-state index in [1.54, 1.807) is 6.21 Å². The first-order chi connectivity index (χ1) is 14.0. The molecule has 6 heteroatoms. The summed E-state index contributed by atoms with van der Waals surface area (Å²) in [7, 11) is 0. The van der Waals surface area contributed by atoms with Gasteiger partial charge in [-0.2, -0.15) is 5.10 Å². The van der Waals surface area contributed by atoms with Gasteiger partial charge in [0.15, 0.2) is 0 Å². The van der Waals surface area contributed by atoms with Crippen molar-refractivity contribution in [2.75, 3.05) is 0 Å². The molecule has 0 aromatic heterocycles. The van der Waals surface area contributed by atoms with Crippen molar-refractivity contribution < 1.29 is 9.53 Å². The normalized spacial score (nSPS) is 10.9. The molecule has 0 atom stereocenters. The van der Waals surface area contributed by atoms with E-state index in [-0.39, 0.29) is 12.3 Å². The van der Waals surface area contributed by atoms with Gasteiger partial charge in [-0.15, -0.1) is 0 Å². The zero-order chi connectivity index (χ0) is 20.6. The molecule has 0 aliphatic rings. The predicted octanol–water partition coefficient (Wildman–Crippen LogP) is 5.79. The Bertz CT molecular complexity index is 1000. The molecule has 1 amide bonds. The number of hydrogen-bond acceptors (Lipinski definition) is 3. The molecule has 0 saturated carbocycles. The van der Waals surface area contributed by atoms with Crippen LogP contribution in [0.2, 0.25) is 0 Å². The lowest BCUT2D eigenvalue weighted by molar-refractivity contribution is -0.120. The molecule has 0 aliphatic heterocycles. The number of carbonyl (C=O) groups excluding carboxylic acids is 1. The lowest BCUT2D eigenvalue weighted by atomic mass is 10.1. The van der Waals surface area contributed by atoms with E-state index in [4.69, 9.17) is 4.74 Å². The number of amides is 1. The highest BCUT2D eigenvalue weighted by atomic mass is 79.9. The third kappa shape index (κ3) is 6.54. The number of rotatable bonds is 7. The fourth-order valence-electron chi connectivity index (χ4n) is 2.66. The molecular formula is C23H20Br2N2O2. The molecule has 3 aromatic carbocycles. The number of nitrogens with zero attached hydrogens (tertiary/aromatic N) is 1.